The number of ether oxygens (including phenoxy) is 5. The Morgan fingerprint density at radius 1 is 1.00 bits per heavy atom. The highest BCUT2D eigenvalue weighted by atomic mass is 16.6. The minimum Gasteiger partial charge on any atom is -0.489 e. The first-order chi connectivity index (χ1) is 31.7. The average molecular weight is 899 g/mol. The van der Waals surface area contributed by atoms with Gasteiger partial charge in [0, 0.05) is 68.0 Å². The number of carbonyl (C=O) groups is 3. The van der Waals surface area contributed by atoms with Gasteiger partial charge in [-0.15, -0.1) is 0 Å². The highest BCUT2D eigenvalue weighted by molar-refractivity contribution is 6.11. The third-order valence-corrected chi connectivity index (χ3v) is 14.6. The summed E-state index contributed by atoms with van der Waals surface area (Å²) in [4.78, 5) is 47.4. The minimum absolute atomic E-state index is 0.000208. The van der Waals surface area contributed by atoms with E-state index in [-0.39, 0.29) is 72.9 Å². The van der Waals surface area contributed by atoms with Gasteiger partial charge in [0.1, 0.15) is 34.7 Å². The lowest BCUT2D eigenvalue weighted by Crippen LogP contribution is -2.54. The van der Waals surface area contributed by atoms with Crippen molar-refractivity contribution in [3.05, 3.63) is 69.6 Å². The van der Waals surface area contributed by atoms with E-state index in [9.17, 15) is 34.8 Å². The van der Waals surface area contributed by atoms with Crippen molar-refractivity contribution in [1.82, 2.24) is 9.88 Å². The van der Waals surface area contributed by atoms with E-state index in [0.717, 1.165) is 87.5 Å². The molecule has 0 bridgehead atoms. The molecule has 8 rings (SSSR count). The lowest BCUT2D eigenvalue weighted by molar-refractivity contribution is -0.141. The number of carbonyl (C=O) groups excluding carboxylic acids is 3. The van der Waals surface area contributed by atoms with Crippen molar-refractivity contribution in [3.63, 3.8) is 0 Å². The van der Waals surface area contributed by atoms with Gasteiger partial charge in [0.25, 0.3) is 0 Å². The number of aliphatic hydroxyl groups is 4. The molecule has 3 aliphatic heterocycles. The number of ketones is 1. The number of aldehydes is 1. The van der Waals surface area contributed by atoms with Crippen LogP contribution in [-0.4, -0.2) is 119 Å². The second kappa shape index (κ2) is 20.9. The lowest BCUT2D eigenvalue weighted by Gasteiger charge is -2.44. The predicted octanol–water partition coefficient (Wildman–Crippen LogP) is 6.23. The van der Waals surface area contributed by atoms with Gasteiger partial charge in [-0.1, -0.05) is 18.1 Å². The van der Waals surface area contributed by atoms with Crippen LogP contribution in [0.15, 0.2) is 47.4 Å². The molecule has 0 unspecified atom stereocenters. The van der Waals surface area contributed by atoms with Gasteiger partial charge < -0.3 is 54.0 Å². The second-order valence-corrected chi connectivity index (χ2v) is 18.5. The van der Waals surface area contributed by atoms with Crippen LogP contribution in [-0.2, 0) is 36.9 Å². The Hall–Kier alpha value is -4.57. The number of hydrogen-bond acceptors (Lipinski definition) is 13. The topological polar surface area (TPSA) is 197 Å². The number of methoxy groups -OCH3 is 1. The maximum atomic E-state index is 14.2. The molecule has 2 aliphatic carbocycles. The molecule has 2 aromatic carbocycles. The van der Waals surface area contributed by atoms with Crippen molar-refractivity contribution in [2.24, 2.45) is 11.8 Å². The Bertz CT molecular complexity index is 2270. The summed E-state index contributed by atoms with van der Waals surface area (Å²) in [5.74, 6) is -2.17. The normalized spacial score (nSPS) is 24.0. The standard InChI is InChI=1S/C51H66N2O12/c1-3-62-50(59)49-39(29-56)43(33-25-34(28-55)45(58)37(26-33)31-12-13-41-32(24-31)14-18-52-41)44-47(63-36-10-5-4-6-11-36)38-27-42(64-46(38)40(30-57)48(44)65-49)51(60,17-7-8-22-54)35-15-20-53(21-16-35)19-9-23-61-2/h12-14,18,24,29,34-37,42,52,54-55,57,60H,3-11,15-17,19-23,25-28,30H2,1-2H3/b43-33-/t34-,37-,42+,51-/m1/s1. The van der Waals surface area contributed by atoms with Crippen LogP contribution in [0.3, 0.4) is 0 Å². The van der Waals surface area contributed by atoms with Crippen molar-refractivity contribution >= 4 is 34.5 Å². The fourth-order valence-electron chi connectivity index (χ4n) is 11.2. The van der Waals surface area contributed by atoms with Crippen molar-refractivity contribution in [2.75, 3.05) is 53.2 Å². The molecule has 2 saturated carbocycles. The number of aromatic amines is 1. The van der Waals surface area contributed by atoms with Crippen LogP contribution in [0, 0.1) is 11.8 Å². The highest BCUT2D eigenvalue weighted by Gasteiger charge is 2.51. The number of aromatic nitrogens is 1. The van der Waals surface area contributed by atoms with Crippen molar-refractivity contribution < 1.29 is 58.5 Å². The van der Waals surface area contributed by atoms with Crippen LogP contribution >= 0.6 is 0 Å². The molecule has 352 valence electrons. The Morgan fingerprint density at radius 3 is 2.51 bits per heavy atom. The Morgan fingerprint density at radius 2 is 1.80 bits per heavy atom. The fourth-order valence-corrected chi connectivity index (χ4v) is 11.2. The Labute approximate surface area is 380 Å². The first-order valence-electron chi connectivity index (χ1n) is 23.9. The number of esters is 1. The summed E-state index contributed by atoms with van der Waals surface area (Å²) in [6.07, 6.45) is 10.4. The predicted molar refractivity (Wildman–Crippen MR) is 243 cm³/mol. The van der Waals surface area contributed by atoms with Crippen LogP contribution in [0.4, 0.5) is 0 Å². The third-order valence-electron chi connectivity index (χ3n) is 14.6. The summed E-state index contributed by atoms with van der Waals surface area (Å²) < 4.78 is 31.4. The number of benzene rings is 2. The van der Waals surface area contributed by atoms with Crippen LogP contribution in [0.25, 0.3) is 16.5 Å². The zero-order valence-corrected chi connectivity index (χ0v) is 37.9. The molecule has 1 aromatic heterocycles. The quantitative estimate of drug-likeness (QED) is 0.0548. The smallest absolute Gasteiger partial charge is 0.375 e. The molecule has 1 saturated heterocycles. The number of rotatable bonds is 18. The maximum Gasteiger partial charge on any atom is 0.375 e. The molecule has 14 nitrogen and oxygen atoms in total. The van der Waals surface area contributed by atoms with Crippen molar-refractivity contribution in [2.45, 2.75) is 127 Å². The Balaban J connectivity index is 1.30. The molecule has 65 heavy (non-hydrogen) atoms. The summed E-state index contributed by atoms with van der Waals surface area (Å²) in [5.41, 5.74) is 2.55. The molecule has 0 spiro atoms. The van der Waals surface area contributed by atoms with E-state index >= 15 is 0 Å². The summed E-state index contributed by atoms with van der Waals surface area (Å²) in [6, 6.07) is 7.73. The van der Waals surface area contributed by atoms with Crippen molar-refractivity contribution in [1.29, 1.82) is 0 Å². The van der Waals surface area contributed by atoms with E-state index < -0.39 is 42.7 Å². The van der Waals surface area contributed by atoms with Gasteiger partial charge in [0.15, 0.2) is 6.29 Å². The van der Waals surface area contributed by atoms with E-state index in [1.165, 1.54) is 0 Å². The molecule has 14 heteroatoms. The SMILES string of the molecule is CCOC(=O)C1=C(C=O)/C(=C2\C[C@H](CO)C(=O)[C@@H](c3ccc4[nH]ccc4c3)C2)c2c(c(CO)c3c(c2OC2CCCCC2)C[C@@H]([C@@](O)(CCCCO)C2CCN(CCCOC)CC2)O3)O1. The van der Waals surface area contributed by atoms with Gasteiger partial charge in [-0.25, -0.2) is 4.79 Å². The molecule has 0 amide bonds. The first-order valence-corrected chi connectivity index (χ1v) is 23.9. The number of hydrogen-bond donors (Lipinski definition) is 5. The highest BCUT2D eigenvalue weighted by Crippen LogP contribution is 2.58. The van der Waals surface area contributed by atoms with Gasteiger partial charge in [-0.2, -0.15) is 0 Å². The van der Waals surface area contributed by atoms with Crippen LogP contribution in [0.1, 0.15) is 119 Å². The van der Waals surface area contributed by atoms with Gasteiger partial charge in [-0.3, -0.25) is 9.59 Å². The number of fused-ring (bicyclic) bond motifs is 3. The first kappa shape index (κ1) is 46.9. The zero-order valence-electron chi connectivity index (χ0n) is 37.9. The second-order valence-electron chi connectivity index (χ2n) is 18.5. The summed E-state index contributed by atoms with van der Waals surface area (Å²) in [5, 5.41) is 46.1. The summed E-state index contributed by atoms with van der Waals surface area (Å²) >= 11 is 0. The summed E-state index contributed by atoms with van der Waals surface area (Å²) in [6.45, 7) is 3.85. The largest absolute Gasteiger partial charge is 0.489 e. The molecule has 0 radical (unpaired) electrons. The molecule has 3 aromatic rings. The minimum atomic E-state index is -1.32. The number of Topliss-reactive ketones (excluding diaryl/α,β-unsaturated/α-hetero) is 1. The monoisotopic (exact) mass is 898 g/mol. The number of allylic oxidation sites excluding steroid dienone is 3. The van der Waals surface area contributed by atoms with Gasteiger partial charge in [0.2, 0.25) is 5.76 Å². The number of H-pyrrole nitrogens is 1. The number of piperidine rings is 1. The van der Waals surface area contributed by atoms with E-state index in [1.807, 2.05) is 30.5 Å². The molecule has 4 heterocycles. The third kappa shape index (κ3) is 9.40. The number of nitrogens with zero attached hydrogens (tertiary/aromatic N) is 1. The average Bonchev–Trinajstić information content (AvgIpc) is 4.00. The van der Waals surface area contributed by atoms with Crippen LogP contribution in [0.2, 0.25) is 0 Å². The lowest BCUT2D eigenvalue weighted by atomic mass is 9.71. The molecule has 5 aliphatic rings. The number of unbranched alkanes of at least 4 members (excludes halogenated alkanes) is 1. The summed E-state index contributed by atoms with van der Waals surface area (Å²) in [7, 11) is 1.70. The van der Waals surface area contributed by atoms with Crippen LogP contribution < -0.4 is 14.2 Å². The van der Waals surface area contributed by atoms with Gasteiger partial charge >= 0.3 is 5.97 Å². The van der Waals surface area contributed by atoms with E-state index in [4.69, 9.17) is 23.7 Å². The molecule has 4 atom stereocenters. The molecular formula is C51H66N2O12. The van der Waals surface area contributed by atoms with Gasteiger partial charge in [-0.05, 0) is 132 Å². The molecule has 5 N–H and O–H groups in total. The van der Waals surface area contributed by atoms with E-state index in [1.54, 1.807) is 14.0 Å². The molecule has 3 fully saturated rings. The van der Waals surface area contributed by atoms with E-state index in [0.29, 0.717) is 65.9 Å². The fraction of sp³-hybridized carbons (Fsp3) is 0.588. The zero-order chi connectivity index (χ0) is 45.7. The Kier molecular flexibility index (Phi) is 15.1. The van der Waals surface area contributed by atoms with Crippen LogP contribution in [0.5, 0.6) is 17.2 Å². The number of likely N-dealkylation sites (tertiary alicyclic amines) is 1. The number of nitrogens with one attached hydrogen (secondary N) is 1. The van der Waals surface area contributed by atoms with E-state index in [2.05, 4.69) is 9.88 Å². The number of aliphatic hydroxyl groups excluding tert-OH is 3. The van der Waals surface area contributed by atoms with Gasteiger partial charge in [0.05, 0.1) is 42.6 Å². The maximum absolute atomic E-state index is 14.2. The van der Waals surface area contributed by atoms with Crippen molar-refractivity contribution in [3.8, 4) is 17.2 Å². The molecular weight excluding hydrogens is 833 g/mol.